The van der Waals surface area contributed by atoms with Crippen LogP contribution in [0.1, 0.15) is 29.9 Å². The fraction of sp³-hybridized carbons (Fsp3) is 0.286. The van der Waals surface area contributed by atoms with Crippen LogP contribution in [0.2, 0.25) is 0 Å². The number of aromatic nitrogens is 2. The molecule has 3 nitrogen and oxygen atoms in total. The van der Waals surface area contributed by atoms with E-state index in [0.29, 0.717) is 0 Å². The van der Waals surface area contributed by atoms with Gasteiger partial charge in [-0.3, -0.25) is 9.48 Å². The van der Waals surface area contributed by atoms with Crippen LogP contribution in [-0.2, 0) is 13.5 Å². The largest absolute Gasteiger partial charge is 0.294 e. The second-order valence-corrected chi connectivity index (χ2v) is 4.12. The number of nitrogens with zero attached hydrogens (tertiary/aromatic N) is 2. The summed E-state index contributed by atoms with van der Waals surface area (Å²) in [5.74, 6) is 0.0894. The van der Waals surface area contributed by atoms with Crippen molar-refractivity contribution < 1.29 is 4.79 Å². The molecule has 88 valence electrons. The summed E-state index contributed by atoms with van der Waals surface area (Å²) in [6, 6.07) is 7.69. The third kappa shape index (κ3) is 2.13. The highest BCUT2D eigenvalue weighted by Gasteiger charge is 2.13. The molecule has 0 saturated carbocycles. The van der Waals surface area contributed by atoms with E-state index < -0.39 is 0 Å². The Morgan fingerprint density at radius 2 is 2.00 bits per heavy atom. The maximum atomic E-state index is 11.6. The molecule has 0 fully saturated rings. The zero-order chi connectivity index (χ0) is 12.4. The van der Waals surface area contributed by atoms with Gasteiger partial charge >= 0.3 is 0 Å². The molecule has 0 atom stereocenters. The Kier molecular flexibility index (Phi) is 3.09. The molecule has 0 aliphatic heterocycles. The van der Waals surface area contributed by atoms with E-state index in [1.54, 1.807) is 11.6 Å². The van der Waals surface area contributed by atoms with Gasteiger partial charge in [0.25, 0.3) is 0 Å². The fourth-order valence-electron chi connectivity index (χ4n) is 2.05. The van der Waals surface area contributed by atoms with Crippen LogP contribution in [0.4, 0.5) is 0 Å². The van der Waals surface area contributed by atoms with Crippen molar-refractivity contribution in [2.45, 2.75) is 20.3 Å². The summed E-state index contributed by atoms with van der Waals surface area (Å²) in [7, 11) is 1.90. The second-order valence-electron chi connectivity index (χ2n) is 4.12. The van der Waals surface area contributed by atoms with Crippen molar-refractivity contribution in [3.05, 3.63) is 41.7 Å². The molecule has 0 unspecified atom stereocenters. The van der Waals surface area contributed by atoms with Gasteiger partial charge in [0.05, 0.1) is 5.69 Å². The van der Waals surface area contributed by atoms with E-state index in [2.05, 4.69) is 12.0 Å². The normalized spacial score (nSPS) is 10.5. The van der Waals surface area contributed by atoms with Crippen molar-refractivity contribution in [1.29, 1.82) is 0 Å². The average molecular weight is 228 g/mol. The zero-order valence-electron chi connectivity index (χ0n) is 10.4. The van der Waals surface area contributed by atoms with Gasteiger partial charge in [-0.05, 0) is 18.9 Å². The summed E-state index contributed by atoms with van der Waals surface area (Å²) < 4.78 is 1.80. The van der Waals surface area contributed by atoms with E-state index in [1.807, 2.05) is 37.5 Å². The molecule has 0 aliphatic carbocycles. The average Bonchev–Trinajstić information content (AvgIpc) is 2.70. The number of carbonyl (C=O) groups excluding carboxylic acids is 1. The second kappa shape index (κ2) is 4.53. The van der Waals surface area contributed by atoms with Crippen molar-refractivity contribution in [2.75, 3.05) is 0 Å². The molecule has 2 rings (SSSR count). The molecule has 2 aromatic rings. The summed E-state index contributed by atoms with van der Waals surface area (Å²) >= 11 is 0. The third-order valence-corrected chi connectivity index (χ3v) is 2.84. The number of Topliss-reactive ketones (excluding diaryl/α,β-unsaturated/α-hetero) is 1. The minimum atomic E-state index is 0.0894. The van der Waals surface area contributed by atoms with Gasteiger partial charge < -0.3 is 0 Å². The third-order valence-electron chi connectivity index (χ3n) is 2.84. The predicted octanol–water partition coefficient (Wildman–Crippen LogP) is 2.85. The Labute approximate surface area is 101 Å². The summed E-state index contributed by atoms with van der Waals surface area (Å²) in [5, 5.41) is 4.41. The molecular weight excluding hydrogens is 212 g/mol. The van der Waals surface area contributed by atoms with Crippen LogP contribution in [-0.4, -0.2) is 15.6 Å². The summed E-state index contributed by atoms with van der Waals surface area (Å²) in [6.07, 6.45) is 2.84. The molecular formula is C14H16N2O. The molecule has 1 aromatic carbocycles. The first-order chi connectivity index (χ1) is 8.13. The minimum Gasteiger partial charge on any atom is -0.294 e. The number of hydrogen-bond donors (Lipinski definition) is 0. The van der Waals surface area contributed by atoms with E-state index in [0.717, 1.165) is 28.8 Å². The van der Waals surface area contributed by atoms with Gasteiger partial charge in [-0.1, -0.05) is 31.2 Å². The van der Waals surface area contributed by atoms with Crippen molar-refractivity contribution in [2.24, 2.45) is 7.05 Å². The van der Waals surface area contributed by atoms with E-state index in [4.69, 9.17) is 0 Å². The summed E-state index contributed by atoms with van der Waals surface area (Å²) in [6.45, 7) is 3.67. The highest BCUT2D eigenvalue weighted by atomic mass is 16.1. The Morgan fingerprint density at radius 1 is 1.29 bits per heavy atom. The Hall–Kier alpha value is -1.90. The molecule has 0 aliphatic rings. The van der Waals surface area contributed by atoms with Crippen LogP contribution >= 0.6 is 0 Å². The molecule has 0 saturated heterocycles. The van der Waals surface area contributed by atoms with Gasteiger partial charge in [0.1, 0.15) is 0 Å². The first-order valence-corrected chi connectivity index (χ1v) is 5.76. The standard InChI is InChI=1S/C14H16N2O/c1-4-14-13(9-16(3)15-14)12-8-6-5-7-11(12)10(2)17/h5-9H,4H2,1-3H3. The topological polar surface area (TPSA) is 34.9 Å². The number of aryl methyl sites for hydroxylation is 2. The molecule has 3 heteroatoms. The molecule has 1 aromatic heterocycles. The van der Waals surface area contributed by atoms with Crippen molar-refractivity contribution in [1.82, 2.24) is 9.78 Å². The smallest absolute Gasteiger partial charge is 0.160 e. The molecule has 1 heterocycles. The van der Waals surface area contributed by atoms with Crippen LogP contribution in [0, 0.1) is 0 Å². The predicted molar refractivity (Wildman–Crippen MR) is 68.0 cm³/mol. The van der Waals surface area contributed by atoms with Crippen LogP contribution in [0.3, 0.4) is 0 Å². The van der Waals surface area contributed by atoms with Crippen LogP contribution in [0.25, 0.3) is 11.1 Å². The lowest BCUT2D eigenvalue weighted by atomic mass is 9.97. The van der Waals surface area contributed by atoms with Gasteiger partial charge in [-0.15, -0.1) is 0 Å². The first kappa shape index (κ1) is 11.6. The monoisotopic (exact) mass is 228 g/mol. The summed E-state index contributed by atoms with van der Waals surface area (Å²) in [4.78, 5) is 11.6. The van der Waals surface area contributed by atoms with Gasteiger partial charge in [0, 0.05) is 24.4 Å². The Morgan fingerprint density at radius 3 is 2.65 bits per heavy atom. The van der Waals surface area contributed by atoms with E-state index in [1.165, 1.54) is 0 Å². The number of rotatable bonds is 3. The van der Waals surface area contributed by atoms with E-state index >= 15 is 0 Å². The molecule has 0 spiro atoms. The van der Waals surface area contributed by atoms with E-state index in [9.17, 15) is 4.79 Å². The summed E-state index contributed by atoms with van der Waals surface area (Å²) in [5.41, 5.74) is 3.82. The SMILES string of the molecule is CCc1nn(C)cc1-c1ccccc1C(C)=O. The Balaban J connectivity index is 2.63. The highest BCUT2D eigenvalue weighted by molar-refractivity contribution is 6.00. The van der Waals surface area contributed by atoms with E-state index in [-0.39, 0.29) is 5.78 Å². The molecule has 0 N–H and O–H groups in total. The maximum Gasteiger partial charge on any atom is 0.160 e. The van der Waals surface area contributed by atoms with Crippen molar-refractivity contribution >= 4 is 5.78 Å². The molecule has 17 heavy (non-hydrogen) atoms. The number of ketones is 1. The van der Waals surface area contributed by atoms with Gasteiger partial charge in [0.2, 0.25) is 0 Å². The molecule has 0 bridgehead atoms. The van der Waals surface area contributed by atoms with Crippen molar-refractivity contribution in [3.8, 4) is 11.1 Å². The molecule has 0 radical (unpaired) electrons. The maximum absolute atomic E-state index is 11.6. The lowest BCUT2D eigenvalue weighted by Gasteiger charge is -2.05. The number of benzene rings is 1. The lowest BCUT2D eigenvalue weighted by molar-refractivity contribution is 0.101. The van der Waals surface area contributed by atoms with Gasteiger partial charge in [-0.2, -0.15) is 5.10 Å². The fourth-order valence-corrected chi connectivity index (χ4v) is 2.05. The number of carbonyl (C=O) groups is 1. The van der Waals surface area contributed by atoms with Crippen molar-refractivity contribution in [3.63, 3.8) is 0 Å². The molecule has 0 amide bonds. The van der Waals surface area contributed by atoms with Gasteiger partial charge in [-0.25, -0.2) is 0 Å². The number of hydrogen-bond acceptors (Lipinski definition) is 2. The zero-order valence-corrected chi connectivity index (χ0v) is 10.4. The van der Waals surface area contributed by atoms with Crippen LogP contribution in [0.15, 0.2) is 30.5 Å². The van der Waals surface area contributed by atoms with Crippen LogP contribution < -0.4 is 0 Å². The van der Waals surface area contributed by atoms with Gasteiger partial charge in [0.15, 0.2) is 5.78 Å². The quantitative estimate of drug-likeness (QED) is 0.757. The first-order valence-electron chi connectivity index (χ1n) is 5.76. The highest BCUT2D eigenvalue weighted by Crippen LogP contribution is 2.27. The lowest BCUT2D eigenvalue weighted by Crippen LogP contribution is -1.96. The minimum absolute atomic E-state index is 0.0894. The Bertz CT molecular complexity index is 555. The van der Waals surface area contributed by atoms with Crippen LogP contribution in [0.5, 0.6) is 0 Å².